The molecule has 0 spiro atoms. The second kappa shape index (κ2) is 5.13. The molecule has 0 radical (unpaired) electrons. The van der Waals surface area contributed by atoms with E-state index >= 15 is 0 Å². The Morgan fingerprint density at radius 1 is 1.24 bits per heavy atom. The van der Waals surface area contributed by atoms with E-state index in [2.05, 4.69) is 9.97 Å². The number of hydrogen-bond acceptors (Lipinski definition) is 4. The molecule has 0 amide bonds. The van der Waals surface area contributed by atoms with E-state index in [1.165, 1.54) is 6.33 Å². The third kappa shape index (κ3) is 2.83. The van der Waals surface area contributed by atoms with Crippen LogP contribution in [-0.2, 0) is 0 Å². The zero-order chi connectivity index (χ0) is 12.4. The molecule has 0 aliphatic rings. The number of nitrogens with two attached hydrogens (primary N) is 1. The molecule has 0 saturated heterocycles. The fourth-order valence-corrected chi connectivity index (χ4v) is 2.54. The summed E-state index contributed by atoms with van der Waals surface area (Å²) in [5, 5.41) is 0.503. The van der Waals surface area contributed by atoms with Crippen LogP contribution in [-0.4, -0.2) is 9.97 Å². The summed E-state index contributed by atoms with van der Waals surface area (Å²) in [6.07, 6.45) is 2.90. The molecule has 2 aromatic rings. The first kappa shape index (κ1) is 12.5. The topological polar surface area (TPSA) is 51.8 Å². The van der Waals surface area contributed by atoms with Crippen LogP contribution in [0.4, 0.5) is 14.5 Å². The van der Waals surface area contributed by atoms with Gasteiger partial charge in [-0.25, -0.2) is 18.7 Å². The highest BCUT2D eigenvalue weighted by Crippen LogP contribution is 2.33. The summed E-state index contributed by atoms with van der Waals surface area (Å²) < 4.78 is 27.8. The maximum atomic E-state index is 13.5. The fourth-order valence-electron chi connectivity index (χ4n) is 1.15. The molecule has 1 aromatic carbocycles. The molecule has 2 N–H and O–H groups in total. The van der Waals surface area contributed by atoms with Crippen LogP contribution in [0.3, 0.4) is 0 Å². The Bertz CT molecular complexity index is 542. The molecule has 0 saturated carbocycles. The Kier molecular flexibility index (Phi) is 3.77. The van der Waals surface area contributed by atoms with Crippen molar-refractivity contribution in [1.29, 1.82) is 0 Å². The van der Waals surface area contributed by atoms with Gasteiger partial charge in [0.1, 0.15) is 23.0 Å². The van der Waals surface area contributed by atoms with Gasteiger partial charge in [0.25, 0.3) is 0 Å². The molecular formula is C10H6F2IN3S. The van der Waals surface area contributed by atoms with E-state index in [1.807, 2.05) is 22.6 Å². The van der Waals surface area contributed by atoms with Gasteiger partial charge in [-0.2, -0.15) is 0 Å². The summed E-state index contributed by atoms with van der Waals surface area (Å²) in [6.45, 7) is 0. The van der Waals surface area contributed by atoms with Gasteiger partial charge in [-0.1, -0.05) is 11.8 Å². The molecule has 0 aliphatic heterocycles. The van der Waals surface area contributed by atoms with E-state index in [0.29, 0.717) is 5.03 Å². The lowest BCUT2D eigenvalue weighted by molar-refractivity contribution is 0.541. The third-order valence-corrected chi connectivity index (χ3v) is 4.12. The van der Waals surface area contributed by atoms with Crippen molar-refractivity contribution in [2.24, 2.45) is 0 Å². The Morgan fingerprint density at radius 2 is 1.88 bits per heavy atom. The second-order valence-corrected chi connectivity index (χ2v) is 5.25. The number of halogens is 3. The van der Waals surface area contributed by atoms with Gasteiger partial charge in [0.05, 0.1) is 8.47 Å². The second-order valence-electron chi connectivity index (χ2n) is 3.09. The Hall–Kier alpha value is -0.960. The van der Waals surface area contributed by atoms with Crippen molar-refractivity contribution in [3.05, 3.63) is 39.9 Å². The molecule has 0 atom stereocenters. The number of hydrogen-bond donors (Lipinski definition) is 1. The summed E-state index contributed by atoms with van der Waals surface area (Å²) in [7, 11) is 0. The van der Waals surface area contributed by atoms with E-state index in [9.17, 15) is 8.78 Å². The number of rotatable bonds is 2. The number of aromatic nitrogens is 2. The van der Waals surface area contributed by atoms with Crippen LogP contribution in [0.15, 0.2) is 34.6 Å². The summed E-state index contributed by atoms with van der Waals surface area (Å²) in [5.41, 5.74) is 5.39. The van der Waals surface area contributed by atoms with Crippen LogP contribution in [0.25, 0.3) is 0 Å². The van der Waals surface area contributed by atoms with Crippen molar-refractivity contribution in [3.8, 4) is 0 Å². The highest BCUT2D eigenvalue weighted by Gasteiger charge is 2.14. The van der Waals surface area contributed by atoms with E-state index in [-0.39, 0.29) is 10.6 Å². The number of anilines is 1. The summed E-state index contributed by atoms with van der Waals surface area (Å²) in [4.78, 5) is 7.65. The molecule has 0 unspecified atom stereocenters. The molecule has 7 heteroatoms. The van der Waals surface area contributed by atoms with E-state index < -0.39 is 11.6 Å². The Labute approximate surface area is 114 Å². The molecule has 0 fully saturated rings. The minimum Gasteiger partial charge on any atom is -0.399 e. The van der Waals surface area contributed by atoms with Crippen molar-refractivity contribution >= 4 is 40.0 Å². The standard InChI is InChI=1S/C10H6F2IN3S/c11-6-1-5(14)2-7(12)9(6)17-10-8(13)3-15-4-16-10/h1-4H,14H2. The third-order valence-electron chi connectivity index (χ3n) is 1.85. The monoisotopic (exact) mass is 365 g/mol. The minimum absolute atomic E-state index is 0.0572. The maximum absolute atomic E-state index is 13.5. The maximum Gasteiger partial charge on any atom is 0.142 e. The normalized spacial score (nSPS) is 10.5. The number of benzene rings is 1. The van der Waals surface area contributed by atoms with E-state index in [4.69, 9.17) is 5.73 Å². The number of nitrogen functional groups attached to an aromatic ring is 1. The first-order valence-corrected chi connectivity index (χ1v) is 6.35. The Balaban J connectivity index is 2.40. The van der Waals surface area contributed by atoms with E-state index in [1.54, 1.807) is 6.20 Å². The van der Waals surface area contributed by atoms with Crippen LogP contribution in [0.1, 0.15) is 0 Å². The fraction of sp³-hybridized carbons (Fsp3) is 0. The molecular weight excluding hydrogens is 359 g/mol. The molecule has 0 aliphatic carbocycles. The molecule has 2 rings (SSSR count). The van der Waals surface area contributed by atoms with Gasteiger partial charge in [-0.15, -0.1) is 0 Å². The lowest BCUT2D eigenvalue weighted by atomic mass is 10.3. The van der Waals surface area contributed by atoms with Gasteiger partial charge in [-0.3, -0.25) is 0 Å². The molecule has 17 heavy (non-hydrogen) atoms. The average Bonchev–Trinajstić information content (AvgIpc) is 2.25. The lowest BCUT2D eigenvalue weighted by Crippen LogP contribution is -1.94. The van der Waals surface area contributed by atoms with Crippen molar-refractivity contribution in [3.63, 3.8) is 0 Å². The first-order chi connectivity index (χ1) is 8.08. The van der Waals surface area contributed by atoms with Gasteiger partial charge in [0, 0.05) is 11.9 Å². The smallest absolute Gasteiger partial charge is 0.142 e. The quantitative estimate of drug-likeness (QED) is 0.505. The van der Waals surface area contributed by atoms with Crippen molar-refractivity contribution in [1.82, 2.24) is 9.97 Å². The van der Waals surface area contributed by atoms with Crippen molar-refractivity contribution < 1.29 is 8.78 Å². The van der Waals surface area contributed by atoms with Crippen LogP contribution in [0.2, 0.25) is 0 Å². The van der Waals surface area contributed by atoms with Gasteiger partial charge in [-0.05, 0) is 34.7 Å². The van der Waals surface area contributed by atoms with Crippen molar-refractivity contribution in [2.75, 3.05) is 5.73 Å². The summed E-state index contributed by atoms with van der Waals surface area (Å²) >= 11 is 2.91. The minimum atomic E-state index is -0.693. The van der Waals surface area contributed by atoms with Gasteiger partial charge >= 0.3 is 0 Å². The summed E-state index contributed by atoms with van der Waals surface area (Å²) in [6, 6.07) is 2.17. The van der Waals surface area contributed by atoms with Crippen LogP contribution < -0.4 is 5.73 Å². The Morgan fingerprint density at radius 3 is 2.47 bits per heavy atom. The molecule has 1 heterocycles. The SMILES string of the molecule is Nc1cc(F)c(Sc2ncncc2I)c(F)c1. The van der Waals surface area contributed by atoms with Crippen molar-refractivity contribution in [2.45, 2.75) is 9.92 Å². The number of nitrogens with zero attached hydrogens (tertiary/aromatic N) is 2. The molecule has 0 bridgehead atoms. The van der Waals surface area contributed by atoms with Gasteiger partial charge in [0.2, 0.25) is 0 Å². The summed E-state index contributed by atoms with van der Waals surface area (Å²) in [5.74, 6) is -1.39. The van der Waals surface area contributed by atoms with Crippen LogP contribution in [0, 0.1) is 15.2 Å². The lowest BCUT2D eigenvalue weighted by Gasteiger charge is -2.06. The van der Waals surface area contributed by atoms with Gasteiger partial charge < -0.3 is 5.73 Å². The molecule has 3 nitrogen and oxygen atoms in total. The predicted molar refractivity (Wildman–Crippen MR) is 69.6 cm³/mol. The molecule has 88 valence electrons. The first-order valence-electron chi connectivity index (χ1n) is 4.46. The van der Waals surface area contributed by atoms with E-state index in [0.717, 1.165) is 27.5 Å². The zero-order valence-corrected chi connectivity index (χ0v) is 11.3. The highest BCUT2D eigenvalue weighted by atomic mass is 127. The predicted octanol–water partition coefficient (Wildman–Crippen LogP) is 3.09. The van der Waals surface area contributed by atoms with Crippen LogP contribution in [0.5, 0.6) is 0 Å². The largest absolute Gasteiger partial charge is 0.399 e. The molecule has 1 aromatic heterocycles. The zero-order valence-electron chi connectivity index (χ0n) is 8.32. The average molecular weight is 365 g/mol. The highest BCUT2D eigenvalue weighted by molar-refractivity contribution is 14.1. The van der Waals surface area contributed by atoms with Crippen LogP contribution >= 0.6 is 34.4 Å². The van der Waals surface area contributed by atoms with Gasteiger partial charge in [0.15, 0.2) is 0 Å².